The number of benzene rings is 1. The van der Waals surface area contributed by atoms with Gasteiger partial charge in [-0.05, 0) is 12.8 Å². The van der Waals surface area contributed by atoms with Crippen LogP contribution < -0.4 is 0 Å². The Morgan fingerprint density at radius 2 is 1.82 bits per heavy atom. The molecule has 0 bridgehead atoms. The number of hydrogen-bond acceptors (Lipinski definition) is 2. The van der Waals surface area contributed by atoms with Gasteiger partial charge in [0.25, 0.3) is 0 Å². The average molecular weight is 234 g/mol. The summed E-state index contributed by atoms with van der Waals surface area (Å²) in [5, 5.41) is 8.70. The maximum absolute atomic E-state index is 11.7. The van der Waals surface area contributed by atoms with E-state index in [4.69, 9.17) is 5.11 Å². The van der Waals surface area contributed by atoms with Crippen LogP contribution >= 0.6 is 0 Å². The van der Waals surface area contributed by atoms with Crippen LogP contribution in [0, 0.1) is 5.92 Å². The molecule has 1 rings (SSSR count). The van der Waals surface area contributed by atoms with Gasteiger partial charge in [0.1, 0.15) is 0 Å². The van der Waals surface area contributed by atoms with Crippen LogP contribution in [0.15, 0.2) is 30.3 Å². The van der Waals surface area contributed by atoms with Crippen molar-refractivity contribution in [2.24, 2.45) is 5.92 Å². The van der Waals surface area contributed by atoms with E-state index in [1.54, 1.807) is 6.92 Å². The maximum atomic E-state index is 11.7. The molecule has 1 unspecified atom stereocenters. The normalized spacial score (nSPS) is 12.1. The Morgan fingerprint density at radius 3 is 2.41 bits per heavy atom. The molecule has 1 N–H and O–H groups in total. The number of carbonyl (C=O) groups excluding carboxylic acids is 1. The number of carbonyl (C=O) groups is 2. The zero-order valence-electron chi connectivity index (χ0n) is 10.1. The zero-order valence-corrected chi connectivity index (χ0v) is 10.1. The molecule has 3 heteroatoms. The van der Waals surface area contributed by atoms with E-state index in [0.29, 0.717) is 12.8 Å². The third-order valence-corrected chi connectivity index (χ3v) is 2.81. The number of carboxylic acid groups (broad SMARTS) is 1. The predicted molar refractivity (Wildman–Crippen MR) is 66.0 cm³/mol. The van der Waals surface area contributed by atoms with Gasteiger partial charge in [-0.2, -0.15) is 0 Å². The quantitative estimate of drug-likeness (QED) is 0.582. The van der Waals surface area contributed by atoms with Crippen LogP contribution in [-0.2, 0) is 4.79 Å². The number of ketones is 1. The van der Waals surface area contributed by atoms with Gasteiger partial charge < -0.3 is 5.11 Å². The lowest BCUT2D eigenvalue weighted by atomic mass is 10.0. The molecule has 3 nitrogen and oxygen atoms in total. The molecule has 0 aliphatic heterocycles. The van der Waals surface area contributed by atoms with Gasteiger partial charge in [0, 0.05) is 12.0 Å². The van der Waals surface area contributed by atoms with Crippen molar-refractivity contribution >= 4 is 11.8 Å². The zero-order chi connectivity index (χ0) is 12.7. The predicted octanol–water partition coefficient (Wildman–Crippen LogP) is 3.15. The molecule has 0 radical (unpaired) electrons. The number of Topliss-reactive ketones (excluding diaryl/α,β-unsaturated/α-hetero) is 1. The summed E-state index contributed by atoms with van der Waals surface area (Å²) >= 11 is 0. The maximum Gasteiger partial charge on any atom is 0.306 e. The third kappa shape index (κ3) is 4.81. The van der Waals surface area contributed by atoms with Gasteiger partial charge in [-0.1, -0.05) is 43.7 Å². The van der Waals surface area contributed by atoms with Gasteiger partial charge in [-0.3, -0.25) is 9.59 Å². The van der Waals surface area contributed by atoms with Crippen molar-refractivity contribution in [2.45, 2.75) is 32.6 Å². The molecular formula is C14H18O3. The lowest BCUT2D eigenvalue weighted by molar-refractivity contribution is -0.141. The minimum Gasteiger partial charge on any atom is -0.481 e. The topological polar surface area (TPSA) is 54.4 Å². The minimum atomic E-state index is -0.764. The van der Waals surface area contributed by atoms with Gasteiger partial charge in [-0.15, -0.1) is 0 Å². The molecule has 1 aromatic rings. The van der Waals surface area contributed by atoms with Crippen molar-refractivity contribution < 1.29 is 14.7 Å². The van der Waals surface area contributed by atoms with E-state index in [0.717, 1.165) is 18.4 Å². The average Bonchev–Trinajstić information content (AvgIpc) is 2.35. The molecule has 17 heavy (non-hydrogen) atoms. The second-order valence-corrected chi connectivity index (χ2v) is 4.27. The number of hydrogen-bond donors (Lipinski definition) is 1. The summed E-state index contributed by atoms with van der Waals surface area (Å²) in [6.45, 7) is 1.70. The largest absolute Gasteiger partial charge is 0.481 e. The first-order valence-corrected chi connectivity index (χ1v) is 5.92. The Labute approximate surface area is 101 Å². The number of unbranched alkanes of at least 4 members (excludes halogenated alkanes) is 1. The second kappa shape index (κ2) is 6.84. The molecule has 1 atom stereocenters. The second-order valence-electron chi connectivity index (χ2n) is 4.27. The third-order valence-electron chi connectivity index (χ3n) is 2.81. The summed E-state index contributed by atoms with van der Waals surface area (Å²) in [4.78, 5) is 22.3. The standard InChI is InChI=1S/C14H18O3/c1-11(14(16)17)7-5-6-10-13(15)12-8-3-2-4-9-12/h2-4,8-9,11H,5-7,10H2,1H3,(H,16,17). The van der Waals surface area contributed by atoms with Crippen LogP contribution in [0.4, 0.5) is 0 Å². The smallest absolute Gasteiger partial charge is 0.306 e. The first-order valence-electron chi connectivity index (χ1n) is 5.92. The Morgan fingerprint density at radius 1 is 1.18 bits per heavy atom. The van der Waals surface area contributed by atoms with E-state index < -0.39 is 5.97 Å². The molecule has 0 saturated heterocycles. The molecule has 1 aromatic carbocycles. The van der Waals surface area contributed by atoms with Gasteiger partial charge in [0.15, 0.2) is 5.78 Å². The highest BCUT2D eigenvalue weighted by molar-refractivity contribution is 5.95. The van der Waals surface area contributed by atoms with Crippen molar-refractivity contribution in [1.82, 2.24) is 0 Å². The minimum absolute atomic E-state index is 0.133. The summed E-state index contributed by atoms with van der Waals surface area (Å²) < 4.78 is 0. The highest BCUT2D eigenvalue weighted by Gasteiger charge is 2.10. The fourth-order valence-corrected chi connectivity index (χ4v) is 1.63. The molecule has 0 saturated carbocycles. The van der Waals surface area contributed by atoms with E-state index in [-0.39, 0.29) is 11.7 Å². The first kappa shape index (κ1) is 13.4. The van der Waals surface area contributed by atoms with Crippen molar-refractivity contribution in [1.29, 1.82) is 0 Å². The highest BCUT2D eigenvalue weighted by atomic mass is 16.4. The summed E-state index contributed by atoms with van der Waals surface area (Å²) in [6.07, 6.45) is 2.67. The Balaban J connectivity index is 2.24. The summed E-state index contributed by atoms with van der Waals surface area (Å²) in [7, 11) is 0. The van der Waals surface area contributed by atoms with E-state index >= 15 is 0 Å². The molecule has 0 aliphatic rings. The van der Waals surface area contributed by atoms with Crippen LogP contribution in [0.2, 0.25) is 0 Å². The summed E-state index contributed by atoms with van der Waals surface area (Å²) in [5.41, 5.74) is 0.735. The molecule has 0 heterocycles. The Hall–Kier alpha value is -1.64. The van der Waals surface area contributed by atoms with Crippen LogP contribution in [0.3, 0.4) is 0 Å². The molecule has 0 aliphatic carbocycles. The van der Waals surface area contributed by atoms with Gasteiger partial charge in [-0.25, -0.2) is 0 Å². The number of aliphatic carboxylic acids is 1. The molecule has 92 valence electrons. The molecular weight excluding hydrogens is 216 g/mol. The molecule has 0 amide bonds. The fourth-order valence-electron chi connectivity index (χ4n) is 1.63. The fraction of sp³-hybridized carbons (Fsp3) is 0.429. The van der Waals surface area contributed by atoms with Gasteiger partial charge in [0.05, 0.1) is 5.92 Å². The van der Waals surface area contributed by atoms with Crippen LogP contribution in [-0.4, -0.2) is 16.9 Å². The van der Waals surface area contributed by atoms with Crippen molar-refractivity contribution in [3.63, 3.8) is 0 Å². The Bertz CT molecular complexity index is 370. The molecule has 0 aromatic heterocycles. The van der Waals surface area contributed by atoms with Crippen LogP contribution in [0.1, 0.15) is 43.0 Å². The SMILES string of the molecule is CC(CCCCC(=O)c1ccccc1)C(=O)O. The van der Waals surface area contributed by atoms with Gasteiger partial charge >= 0.3 is 5.97 Å². The summed E-state index contributed by atoms with van der Waals surface area (Å²) in [6, 6.07) is 9.19. The van der Waals surface area contributed by atoms with Crippen molar-refractivity contribution in [2.75, 3.05) is 0 Å². The van der Waals surface area contributed by atoms with Crippen LogP contribution in [0.25, 0.3) is 0 Å². The summed E-state index contributed by atoms with van der Waals surface area (Å²) in [5.74, 6) is -0.949. The number of carboxylic acids is 1. The van der Waals surface area contributed by atoms with E-state index in [9.17, 15) is 9.59 Å². The van der Waals surface area contributed by atoms with E-state index in [1.165, 1.54) is 0 Å². The van der Waals surface area contributed by atoms with Crippen molar-refractivity contribution in [3.05, 3.63) is 35.9 Å². The lowest BCUT2D eigenvalue weighted by Crippen LogP contribution is -2.09. The Kier molecular flexibility index (Phi) is 5.40. The van der Waals surface area contributed by atoms with Crippen LogP contribution in [0.5, 0.6) is 0 Å². The highest BCUT2D eigenvalue weighted by Crippen LogP contribution is 2.12. The molecule has 0 spiro atoms. The van der Waals surface area contributed by atoms with E-state index in [2.05, 4.69) is 0 Å². The lowest BCUT2D eigenvalue weighted by Gasteiger charge is -2.05. The molecule has 0 fully saturated rings. The number of rotatable bonds is 7. The monoisotopic (exact) mass is 234 g/mol. The van der Waals surface area contributed by atoms with E-state index in [1.807, 2.05) is 30.3 Å². The van der Waals surface area contributed by atoms with Crippen molar-refractivity contribution in [3.8, 4) is 0 Å². The van der Waals surface area contributed by atoms with Gasteiger partial charge in [0.2, 0.25) is 0 Å². The first-order chi connectivity index (χ1) is 8.11.